The highest BCUT2D eigenvalue weighted by Crippen LogP contribution is 2.09. The molecule has 1 aromatic heterocycles. The van der Waals surface area contributed by atoms with Crippen LogP contribution in [0.5, 0.6) is 0 Å². The number of hydrogen-bond donors (Lipinski definition) is 2. The van der Waals surface area contributed by atoms with Crippen molar-refractivity contribution in [2.45, 2.75) is 13.0 Å². The summed E-state index contributed by atoms with van der Waals surface area (Å²) in [5.41, 5.74) is 5.33. The number of amides is 1. The molecule has 1 amide bonds. The number of rotatable bonds is 5. The van der Waals surface area contributed by atoms with Crippen molar-refractivity contribution in [1.82, 2.24) is 15.5 Å². The van der Waals surface area contributed by atoms with Crippen LogP contribution in [-0.2, 0) is 11.3 Å². The van der Waals surface area contributed by atoms with Crippen LogP contribution in [-0.4, -0.2) is 36.7 Å². The number of anilines is 1. The van der Waals surface area contributed by atoms with E-state index in [0.29, 0.717) is 24.9 Å². The molecule has 0 aliphatic rings. The Morgan fingerprint density at radius 1 is 1.60 bits per heavy atom. The summed E-state index contributed by atoms with van der Waals surface area (Å²) in [5, 5.41) is 10.0. The van der Waals surface area contributed by atoms with Crippen molar-refractivity contribution in [2.24, 2.45) is 5.73 Å². The standard InChI is InChI=1S/C8H15N5O2/c1-10-6(14)3-4-13(2)8-12-11-7(5-9)15-8/h3-5,9H2,1-2H3,(H,10,14). The van der Waals surface area contributed by atoms with Gasteiger partial charge in [-0.3, -0.25) is 4.79 Å². The Hall–Kier alpha value is -1.63. The summed E-state index contributed by atoms with van der Waals surface area (Å²) in [7, 11) is 3.37. The molecule has 15 heavy (non-hydrogen) atoms. The van der Waals surface area contributed by atoms with E-state index >= 15 is 0 Å². The molecule has 0 radical (unpaired) electrons. The van der Waals surface area contributed by atoms with Crippen LogP contribution in [0, 0.1) is 0 Å². The highest BCUT2D eigenvalue weighted by atomic mass is 16.4. The molecular formula is C8H15N5O2. The molecule has 7 nitrogen and oxygen atoms in total. The summed E-state index contributed by atoms with van der Waals surface area (Å²) in [6.07, 6.45) is 0.382. The first-order valence-electron chi connectivity index (χ1n) is 4.61. The van der Waals surface area contributed by atoms with Crippen molar-refractivity contribution >= 4 is 11.9 Å². The monoisotopic (exact) mass is 213 g/mol. The first-order valence-corrected chi connectivity index (χ1v) is 4.61. The van der Waals surface area contributed by atoms with Crippen LogP contribution >= 0.6 is 0 Å². The van der Waals surface area contributed by atoms with E-state index in [1.54, 1.807) is 19.0 Å². The fourth-order valence-corrected chi connectivity index (χ4v) is 0.971. The lowest BCUT2D eigenvalue weighted by atomic mass is 10.4. The molecule has 0 fully saturated rings. The minimum Gasteiger partial charge on any atom is -0.407 e. The van der Waals surface area contributed by atoms with E-state index in [0.717, 1.165) is 0 Å². The summed E-state index contributed by atoms with van der Waals surface area (Å²) in [4.78, 5) is 12.7. The first-order chi connectivity index (χ1) is 7.17. The molecule has 0 unspecified atom stereocenters. The molecule has 1 heterocycles. The molecule has 0 saturated carbocycles. The normalized spacial score (nSPS) is 10.1. The maximum atomic E-state index is 11.0. The van der Waals surface area contributed by atoms with Crippen molar-refractivity contribution in [2.75, 3.05) is 25.5 Å². The third kappa shape index (κ3) is 3.21. The predicted octanol–water partition coefficient (Wildman–Crippen LogP) is -0.899. The minimum atomic E-state index is -0.0274. The Morgan fingerprint density at radius 3 is 2.87 bits per heavy atom. The molecule has 0 bridgehead atoms. The summed E-state index contributed by atoms with van der Waals surface area (Å²) in [6.45, 7) is 0.738. The van der Waals surface area contributed by atoms with Gasteiger partial charge in [0.25, 0.3) is 0 Å². The second-order valence-corrected chi connectivity index (χ2v) is 3.03. The molecule has 0 aliphatic carbocycles. The van der Waals surface area contributed by atoms with Crippen LogP contribution in [0.25, 0.3) is 0 Å². The lowest BCUT2D eigenvalue weighted by Gasteiger charge is -2.12. The number of carbonyl (C=O) groups excluding carboxylic acids is 1. The van der Waals surface area contributed by atoms with Gasteiger partial charge in [-0.15, -0.1) is 5.10 Å². The minimum absolute atomic E-state index is 0.0274. The van der Waals surface area contributed by atoms with Gasteiger partial charge < -0.3 is 20.4 Å². The maximum Gasteiger partial charge on any atom is 0.317 e. The van der Waals surface area contributed by atoms with Crippen molar-refractivity contribution in [3.05, 3.63) is 5.89 Å². The number of aromatic nitrogens is 2. The van der Waals surface area contributed by atoms with Crippen LogP contribution in [0.4, 0.5) is 6.01 Å². The number of nitrogens with two attached hydrogens (primary N) is 1. The van der Waals surface area contributed by atoms with Gasteiger partial charge in [0.1, 0.15) is 0 Å². The number of carbonyl (C=O) groups is 1. The smallest absolute Gasteiger partial charge is 0.317 e. The molecule has 1 rings (SSSR count). The maximum absolute atomic E-state index is 11.0. The van der Waals surface area contributed by atoms with Crippen LogP contribution in [0.3, 0.4) is 0 Å². The third-order valence-electron chi connectivity index (χ3n) is 1.91. The molecule has 0 spiro atoms. The van der Waals surface area contributed by atoms with Gasteiger partial charge in [-0.1, -0.05) is 5.10 Å². The van der Waals surface area contributed by atoms with Crippen LogP contribution < -0.4 is 16.0 Å². The van der Waals surface area contributed by atoms with Gasteiger partial charge >= 0.3 is 6.01 Å². The quantitative estimate of drug-likeness (QED) is 0.658. The lowest BCUT2D eigenvalue weighted by Crippen LogP contribution is -2.26. The van der Waals surface area contributed by atoms with Crippen molar-refractivity contribution in [3.63, 3.8) is 0 Å². The Balaban J connectivity index is 2.46. The van der Waals surface area contributed by atoms with Crippen LogP contribution in [0.15, 0.2) is 4.42 Å². The predicted molar refractivity (Wildman–Crippen MR) is 54.1 cm³/mol. The van der Waals surface area contributed by atoms with Crippen molar-refractivity contribution in [1.29, 1.82) is 0 Å². The fraction of sp³-hybridized carbons (Fsp3) is 0.625. The third-order valence-corrected chi connectivity index (χ3v) is 1.91. The average molecular weight is 213 g/mol. The number of nitrogens with one attached hydrogen (secondary N) is 1. The highest BCUT2D eigenvalue weighted by molar-refractivity contribution is 5.76. The number of hydrogen-bond acceptors (Lipinski definition) is 6. The van der Waals surface area contributed by atoms with Crippen molar-refractivity contribution in [3.8, 4) is 0 Å². The summed E-state index contributed by atoms with van der Waals surface area (Å²) in [5.74, 6) is 0.359. The zero-order valence-electron chi connectivity index (χ0n) is 8.86. The van der Waals surface area contributed by atoms with E-state index in [2.05, 4.69) is 15.5 Å². The van der Waals surface area contributed by atoms with Crippen molar-refractivity contribution < 1.29 is 9.21 Å². The summed E-state index contributed by atoms with van der Waals surface area (Å²) in [6, 6.07) is 0.374. The Labute approximate surface area is 87.6 Å². The van der Waals surface area contributed by atoms with Crippen LogP contribution in [0.2, 0.25) is 0 Å². The molecular weight excluding hydrogens is 198 g/mol. The van der Waals surface area contributed by atoms with E-state index in [9.17, 15) is 4.79 Å². The van der Waals surface area contributed by atoms with Gasteiger partial charge in [0.2, 0.25) is 11.8 Å². The van der Waals surface area contributed by atoms with Gasteiger partial charge in [0.05, 0.1) is 6.54 Å². The second-order valence-electron chi connectivity index (χ2n) is 3.03. The average Bonchev–Trinajstić information content (AvgIpc) is 2.73. The number of nitrogens with zero attached hydrogens (tertiary/aromatic N) is 3. The zero-order valence-corrected chi connectivity index (χ0v) is 8.86. The Morgan fingerprint density at radius 2 is 2.33 bits per heavy atom. The van der Waals surface area contributed by atoms with Gasteiger partial charge in [-0.2, -0.15) is 0 Å². The fourth-order valence-electron chi connectivity index (χ4n) is 0.971. The molecule has 0 atom stereocenters. The largest absolute Gasteiger partial charge is 0.407 e. The Kier molecular flexibility index (Phi) is 4.04. The highest BCUT2D eigenvalue weighted by Gasteiger charge is 2.10. The molecule has 84 valence electrons. The molecule has 1 aromatic rings. The Bertz CT molecular complexity index is 325. The van der Waals surface area contributed by atoms with Gasteiger partial charge in [-0.25, -0.2) is 0 Å². The van der Waals surface area contributed by atoms with E-state index in [1.165, 1.54) is 0 Å². The van der Waals surface area contributed by atoms with E-state index in [1.807, 2.05) is 0 Å². The molecule has 0 aromatic carbocycles. The van der Waals surface area contributed by atoms with E-state index in [-0.39, 0.29) is 12.5 Å². The van der Waals surface area contributed by atoms with E-state index < -0.39 is 0 Å². The van der Waals surface area contributed by atoms with Crippen LogP contribution in [0.1, 0.15) is 12.3 Å². The second kappa shape index (κ2) is 5.30. The zero-order chi connectivity index (χ0) is 11.3. The topological polar surface area (TPSA) is 97.3 Å². The lowest BCUT2D eigenvalue weighted by molar-refractivity contribution is -0.120. The van der Waals surface area contributed by atoms with Gasteiger partial charge in [0, 0.05) is 27.1 Å². The van der Waals surface area contributed by atoms with Gasteiger partial charge in [-0.05, 0) is 0 Å². The molecule has 7 heteroatoms. The molecule has 0 aliphatic heterocycles. The molecule has 0 saturated heterocycles. The molecule has 3 N–H and O–H groups in total. The summed E-state index contributed by atoms with van der Waals surface area (Å²) < 4.78 is 5.21. The van der Waals surface area contributed by atoms with E-state index in [4.69, 9.17) is 10.2 Å². The van der Waals surface area contributed by atoms with Gasteiger partial charge in [0.15, 0.2) is 0 Å². The SMILES string of the molecule is CNC(=O)CCN(C)c1nnc(CN)o1. The first kappa shape index (κ1) is 11.4. The summed E-state index contributed by atoms with van der Waals surface area (Å²) >= 11 is 0.